The van der Waals surface area contributed by atoms with Gasteiger partial charge in [-0.05, 0) is 57.8 Å². The van der Waals surface area contributed by atoms with Gasteiger partial charge in [-0.3, -0.25) is 4.79 Å². The highest BCUT2D eigenvalue weighted by atomic mass is 16.7. The van der Waals surface area contributed by atoms with Crippen molar-refractivity contribution in [2.24, 2.45) is 0 Å². The molecule has 0 radical (unpaired) electrons. The van der Waals surface area contributed by atoms with Crippen molar-refractivity contribution in [3.05, 3.63) is 60.8 Å². The lowest BCUT2D eigenvalue weighted by Crippen LogP contribution is -2.59. The molecule has 9 nitrogen and oxygen atoms in total. The van der Waals surface area contributed by atoms with E-state index in [4.69, 9.17) is 18.9 Å². The fourth-order valence-electron chi connectivity index (χ4n) is 8.40. The molecule has 1 saturated heterocycles. The molecule has 0 saturated carbocycles. The van der Waals surface area contributed by atoms with Gasteiger partial charge in [0.05, 0.1) is 19.8 Å². The fourth-order valence-corrected chi connectivity index (χ4v) is 8.40. The Labute approximate surface area is 411 Å². The molecule has 0 aromatic rings. The third-order valence-corrected chi connectivity index (χ3v) is 12.7. The second-order valence-corrected chi connectivity index (χ2v) is 19.0. The van der Waals surface area contributed by atoms with Crippen LogP contribution in [0.3, 0.4) is 0 Å². The van der Waals surface area contributed by atoms with Crippen LogP contribution in [0, 0.1) is 0 Å². The van der Waals surface area contributed by atoms with Crippen molar-refractivity contribution in [2.75, 3.05) is 26.4 Å². The first-order valence-corrected chi connectivity index (χ1v) is 27.9. The molecule has 0 amide bonds. The Hall–Kier alpha value is -2.11. The van der Waals surface area contributed by atoms with Gasteiger partial charge < -0.3 is 39.4 Å². The van der Waals surface area contributed by atoms with Gasteiger partial charge in [-0.25, -0.2) is 0 Å². The number of ether oxygens (including phenoxy) is 4. The lowest BCUT2D eigenvalue weighted by Gasteiger charge is -2.39. The molecule has 67 heavy (non-hydrogen) atoms. The Balaban J connectivity index is 2.16. The first kappa shape index (κ1) is 62.9. The highest BCUT2D eigenvalue weighted by Gasteiger charge is 2.44. The van der Waals surface area contributed by atoms with E-state index in [1.54, 1.807) is 0 Å². The molecule has 1 aliphatic heterocycles. The van der Waals surface area contributed by atoms with E-state index >= 15 is 0 Å². The number of carbonyl (C=O) groups is 1. The molecule has 6 atom stereocenters. The molecular weight excluding hydrogens is 841 g/mol. The normalized spacial score (nSPS) is 19.6. The van der Waals surface area contributed by atoms with Gasteiger partial charge in [-0.15, -0.1) is 0 Å². The largest absolute Gasteiger partial charge is 0.457 e. The number of aliphatic hydroxyl groups excluding tert-OH is 4. The zero-order valence-electron chi connectivity index (χ0n) is 43.1. The zero-order valence-corrected chi connectivity index (χ0v) is 43.1. The molecule has 0 bridgehead atoms. The minimum atomic E-state index is -1.54. The topological polar surface area (TPSA) is 135 Å². The molecular formula is C58H104O9. The SMILES string of the molecule is CC/C=C\C/C=C\C/C=C\C/C=C\C/C=C\CCCCCCCCCCCCOCC(COC1OC(CO)C(O)C(O)C1O)OC(=O)CCCCCCCCCCCCCCCCCCCC. The Bertz CT molecular complexity index is 1210. The number of hydrogen-bond acceptors (Lipinski definition) is 9. The van der Waals surface area contributed by atoms with E-state index in [2.05, 4.69) is 74.6 Å². The summed E-state index contributed by atoms with van der Waals surface area (Å²) in [7, 11) is 0. The highest BCUT2D eigenvalue weighted by Crippen LogP contribution is 2.23. The maximum atomic E-state index is 12.9. The third-order valence-electron chi connectivity index (χ3n) is 12.7. The van der Waals surface area contributed by atoms with Gasteiger partial charge in [0.2, 0.25) is 0 Å². The smallest absolute Gasteiger partial charge is 0.306 e. The Morgan fingerprint density at radius 3 is 1.37 bits per heavy atom. The molecule has 0 aromatic carbocycles. The minimum absolute atomic E-state index is 0.114. The molecule has 0 aliphatic carbocycles. The number of unbranched alkanes of at least 4 members (excludes halogenated alkanes) is 27. The van der Waals surface area contributed by atoms with Crippen LogP contribution in [0.4, 0.5) is 0 Å². The van der Waals surface area contributed by atoms with E-state index in [1.165, 1.54) is 154 Å². The van der Waals surface area contributed by atoms with Crippen LogP contribution in [0.5, 0.6) is 0 Å². The van der Waals surface area contributed by atoms with Crippen molar-refractivity contribution in [1.29, 1.82) is 0 Å². The summed E-state index contributed by atoms with van der Waals surface area (Å²) in [6.07, 6.45) is 56.9. The summed E-state index contributed by atoms with van der Waals surface area (Å²) in [6, 6.07) is 0. The quantitative estimate of drug-likeness (QED) is 0.0267. The molecule has 9 heteroatoms. The van der Waals surface area contributed by atoms with E-state index in [-0.39, 0.29) is 19.2 Å². The fraction of sp³-hybridized carbons (Fsp3) is 0.810. The van der Waals surface area contributed by atoms with Gasteiger partial charge in [-0.1, -0.05) is 235 Å². The lowest BCUT2D eigenvalue weighted by atomic mass is 9.99. The predicted octanol–water partition coefficient (Wildman–Crippen LogP) is 14.2. The number of carbonyl (C=O) groups excluding carboxylic acids is 1. The van der Waals surface area contributed by atoms with Gasteiger partial charge in [0, 0.05) is 13.0 Å². The van der Waals surface area contributed by atoms with Gasteiger partial charge in [-0.2, -0.15) is 0 Å². The van der Waals surface area contributed by atoms with Crippen LogP contribution in [0.2, 0.25) is 0 Å². The number of allylic oxidation sites excluding steroid dienone is 10. The molecule has 0 spiro atoms. The first-order chi connectivity index (χ1) is 32.9. The molecule has 390 valence electrons. The van der Waals surface area contributed by atoms with E-state index in [1.807, 2.05) is 0 Å². The summed E-state index contributed by atoms with van der Waals surface area (Å²) in [5, 5.41) is 40.3. The van der Waals surface area contributed by atoms with Gasteiger partial charge in [0.15, 0.2) is 6.29 Å². The van der Waals surface area contributed by atoms with Crippen LogP contribution in [0.1, 0.15) is 239 Å². The van der Waals surface area contributed by atoms with Gasteiger partial charge in [0.25, 0.3) is 0 Å². The summed E-state index contributed by atoms with van der Waals surface area (Å²) >= 11 is 0. The standard InChI is InChI=1S/C58H104O9/c1-3-5-7-9-11-13-15-17-19-21-23-24-25-26-27-28-29-30-32-34-36-38-40-42-44-46-48-64-50-52(51-65-58-57(63)56(62)55(61)53(49-59)67-58)66-54(60)47-45-43-41-39-37-35-33-31-22-20-18-16-14-12-10-8-6-4-2/h5,7,11,13,17,19,23-24,26-27,52-53,55-59,61-63H,3-4,6,8-10,12,14-16,18,20-22,25,28-51H2,1-2H3/b7-5-,13-11-,19-17-,24-23-,27-26-. The van der Waals surface area contributed by atoms with Crippen molar-refractivity contribution < 1.29 is 44.2 Å². The summed E-state index contributed by atoms with van der Waals surface area (Å²) in [6.45, 7) is 4.47. The summed E-state index contributed by atoms with van der Waals surface area (Å²) in [5.41, 5.74) is 0. The average molecular weight is 945 g/mol. The van der Waals surface area contributed by atoms with Crippen molar-refractivity contribution in [3.63, 3.8) is 0 Å². The Kier molecular flexibility index (Phi) is 45.9. The number of esters is 1. The lowest BCUT2D eigenvalue weighted by molar-refractivity contribution is -0.305. The van der Waals surface area contributed by atoms with Crippen molar-refractivity contribution in [3.8, 4) is 0 Å². The maximum absolute atomic E-state index is 12.9. The molecule has 1 aliphatic rings. The van der Waals surface area contributed by atoms with Crippen molar-refractivity contribution >= 4 is 5.97 Å². The molecule has 1 heterocycles. The highest BCUT2D eigenvalue weighted by molar-refractivity contribution is 5.69. The van der Waals surface area contributed by atoms with E-state index in [0.717, 1.165) is 64.2 Å². The summed E-state index contributed by atoms with van der Waals surface area (Å²) < 4.78 is 23.0. The third kappa shape index (κ3) is 39.3. The molecule has 1 rings (SSSR count). The van der Waals surface area contributed by atoms with Crippen LogP contribution in [-0.2, 0) is 23.7 Å². The predicted molar refractivity (Wildman–Crippen MR) is 279 cm³/mol. The minimum Gasteiger partial charge on any atom is -0.457 e. The van der Waals surface area contributed by atoms with Gasteiger partial charge >= 0.3 is 5.97 Å². The van der Waals surface area contributed by atoms with Crippen LogP contribution in [0.15, 0.2) is 60.8 Å². The second kappa shape index (κ2) is 48.9. The van der Waals surface area contributed by atoms with E-state index in [9.17, 15) is 25.2 Å². The van der Waals surface area contributed by atoms with Crippen LogP contribution in [0.25, 0.3) is 0 Å². The van der Waals surface area contributed by atoms with E-state index < -0.39 is 43.4 Å². The zero-order chi connectivity index (χ0) is 48.5. The van der Waals surface area contributed by atoms with E-state index in [0.29, 0.717) is 13.0 Å². The number of hydrogen-bond donors (Lipinski definition) is 4. The first-order valence-electron chi connectivity index (χ1n) is 27.9. The second-order valence-electron chi connectivity index (χ2n) is 19.0. The Morgan fingerprint density at radius 2 is 0.910 bits per heavy atom. The monoisotopic (exact) mass is 945 g/mol. The van der Waals surface area contributed by atoms with Crippen LogP contribution >= 0.6 is 0 Å². The average Bonchev–Trinajstić information content (AvgIpc) is 3.33. The molecule has 4 N–H and O–H groups in total. The summed E-state index contributed by atoms with van der Waals surface area (Å²) in [4.78, 5) is 12.9. The van der Waals surface area contributed by atoms with Crippen LogP contribution in [-0.4, -0.2) is 89.6 Å². The number of aliphatic hydroxyl groups is 4. The molecule has 0 aromatic heterocycles. The summed E-state index contributed by atoms with van der Waals surface area (Å²) in [5.74, 6) is -0.312. The molecule has 1 fully saturated rings. The molecule has 6 unspecified atom stereocenters. The number of rotatable bonds is 48. The Morgan fingerprint density at radius 1 is 0.493 bits per heavy atom. The van der Waals surface area contributed by atoms with Gasteiger partial charge in [0.1, 0.15) is 30.5 Å². The van der Waals surface area contributed by atoms with Crippen LogP contribution < -0.4 is 0 Å². The van der Waals surface area contributed by atoms with Crippen molar-refractivity contribution in [1.82, 2.24) is 0 Å². The maximum Gasteiger partial charge on any atom is 0.306 e. The van der Waals surface area contributed by atoms with Crippen molar-refractivity contribution in [2.45, 2.75) is 275 Å².